The lowest BCUT2D eigenvalue weighted by atomic mass is 10.1. The summed E-state index contributed by atoms with van der Waals surface area (Å²) in [5.41, 5.74) is 0.519. The van der Waals surface area contributed by atoms with Crippen LogP contribution in [0.4, 0.5) is 4.39 Å². The van der Waals surface area contributed by atoms with Gasteiger partial charge in [-0.2, -0.15) is 4.98 Å². The smallest absolute Gasteiger partial charge is 0.253 e. The van der Waals surface area contributed by atoms with Gasteiger partial charge in [0.1, 0.15) is 5.82 Å². The van der Waals surface area contributed by atoms with E-state index >= 15 is 0 Å². The standard InChI is InChI=1S/C19H25FN4O2/c1-3-4-5-17-21-18(26-22-17)14(2)23-10-12-24(13-11-23)19(25)15-6-8-16(20)9-7-15/h6-9,14H,3-5,10-13H2,1-2H3. The molecule has 1 aliphatic heterocycles. The molecule has 26 heavy (non-hydrogen) atoms. The van der Waals surface area contributed by atoms with Crippen molar-refractivity contribution in [3.63, 3.8) is 0 Å². The van der Waals surface area contributed by atoms with Crippen LogP contribution < -0.4 is 0 Å². The summed E-state index contributed by atoms with van der Waals surface area (Å²) in [6.07, 6.45) is 2.99. The van der Waals surface area contributed by atoms with Crippen molar-refractivity contribution in [3.8, 4) is 0 Å². The first-order valence-electron chi connectivity index (χ1n) is 9.20. The zero-order chi connectivity index (χ0) is 18.5. The van der Waals surface area contributed by atoms with E-state index in [2.05, 4.69) is 28.9 Å². The van der Waals surface area contributed by atoms with Gasteiger partial charge in [0.25, 0.3) is 5.91 Å². The normalized spacial score (nSPS) is 16.7. The molecule has 1 unspecified atom stereocenters. The minimum absolute atomic E-state index is 0.0287. The third-order valence-corrected chi connectivity index (χ3v) is 4.84. The lowest BCUT2D eigenvalue weighted by molar-refractivity contribution is 0.0551. The van der Waals surface area contributed by atoms with Gasteiger partial charge in [-0.25, -0.2) is 4.39 Å². The number of hydrogen-bond acceptors (Lipinski definition) is 5. The molecular formula is C19H25FN4O2. The van der Waals surface area contributed by atoms with Gasteiger partial charge in [0, 0.05) is 38.2 Å². The zero-order valence-corrected chi connectivity index (χ0v) is 15.3. The highest BCUT2D eigenvalue weighted by Crippen LogP contribution is 2.21. The average molecular weight is 360 g/mol. The Labute approximate surface area is 153 Å². The van der Waals surface area contributed by atoms with Crippen LogP contribution >= 0.6 is 0 Å². The highest BCUT2D eigenvalue weighted by atomic mass is 19.1. The van der Waals surface area contributed by atoms with Gasteiger partial charge >= 0.3 is 0 Å². The van der Waals surface area contributed by atoms with Crippen LogP contribution in [0, 0.1) is 5.82 Å². The number of carbonyl (C=O) groups is 1. The molecule has 0 bridgehead atoms. The van der Waals surface area contributed by atoms with Crippen LogP contribution in [0.1, 0.15) is 54.8 Å². The van der Waals surface area contributed by atoms with E-state index < -0.39 is 0 Å². The molecule has 1 fully saturated rings. The SMILES string of the molecule is CCCCc1noc(C(C)N2CCN(C(=O)c3ccc(F)cc3)CC2)n1. The van der Waals surface area contributed by atoms with Crippen molar-refractivity contribution in [2.24, 2.45) is 0 Å². The molecule has 0 spiro atoms. The number of aryl methyl sites for hydroxylation is 1. The van der Waals surface area contributed by atoms with Crippen LogP contribution in [-0.2, 0) is 6.42 Å². The summed E-state index contributed by atoms with van der Waals surface area (Å²) in [6, 6.07) is 5.72. The summed E-state index contributed by atoms with van der Waals surface area (Å²) in [5.74, 6) is 1.00. The van der Waals surface area contributed by atoms with E-state index in [1.165, 1.54) is 24.3 Å². The van der Waals surface area contributed by atoms with Crippen molar-refractivity contribution >= 4 is 5.91 Å². The molecule has 6 nitrogen and oxygen atoms in total. The molecule has 2 heterocycles. The molecule has 7 heteroatoms. The van der Waals surface area contributed by atoms with Crippen molar-refractivity contribution in [1.29, 1.82) is 0 Å². The first-order chi connectivity index (χ1) is 12.6. The minimum atomic E-state index is -0.335. The van der Waals surface area contributed by atoms with Gasteiger partial charge in [-0.05, 0) is 37.6 Å². The zero-order valence-electron chi connectivity index (χ0n) is 15.3. The van der Waals surface area contributed by atoms with E-state index in [1.807, 2.05) is 0 Å². The number of unbranched alkanes of at least 4 members (excludes halogenated alkanes) is 1. The van der Waals surface area contributed by atoms with Gasteiger partial charge in [0.2, 0.25) is 5.89 Å². The Balaban J connectivity index is 1.55. The monoisotopic (exact) mass is 360 g/mol. The second-order valence-electron chi connectivity index (χ2n) is 6.66. The van der Waals surface area contributed by atoms with Crippen LogP contribution in [-0.4, -0.2) is 52.0 Å². The molecule has 1 aromatic heterocycles. The Hall–Kier alpha value is -2.28. The maximum absolute atomic E-state index is 13.0. The van der Waals surface area contributed by atoms with E-state index in [-0.39, 0.29) is 17.8 Å². The summed E-state index contributed by atoms with van der Waals surface area (Å²) in [4.78, 5) is 21.0. The fraction of sp³-hybridized carbons (Fsp3) is 0.526. The molecule has 0 radical (unpaired) electrons. The van der Waals surface area contributed by atoms with Crippen molar-refractivity contribution < 1.29 is 13.7 Å². The summed E-state index contributed by atoms with van der Waals surface area (Å²) >= 11 is 0. The Morgan fingerprint density at radius 3 is 2.58 bits per heavy atom. The minimum Gasteiger partial charge on any atom is -0.338 e. The molecule has 1 aliphatic rings. The molecule has 0 N–H and O–H groups in total. The van der Waals surface area contributed by atoms with Gasteiger partial charge in [0.15, 0.2) is 5.82 Å². The van der Waals surface area contributed by atoms with Gasteiger partial charge in [-0.1, -0.05) is 18.5 Å². The first-order valence-corrected chi connectivity index (χ1v) is 9.20. The largest absolute Gasteiger partial charge is 0.338 e. The number of rotatable bonds is 6. The summed E-state index contributed by atoms with van der Waals surface area (Å²) in [7, 11) is 0. The predicted octanol–water partition coefficient (Wildman–Crippen LogP) is 3.07. The Kier molecular flexibility index (Phi) is 5.98. The number of piperazine rings is 1. The number of halogens is 1. The highest BCUT2D eigenvalue weighted by molar-refractivity contribution is 5.94. The maximum Gasteiger partial charge on any atom is 0.253 e. The molecule has 140 valence electrons. The average Bonchev–Trinajstić information content (AvgIpc) is 3.15. The maximum atomic E-state index is 13.0. The van der Waals surface area contributed by atoms with E-state index in [9.17, 15) is 9.18 Å². The number of carbonyl (C=O) groups excluding carboxylic acids is 1. The van der Waals surface area contributed by atoms with Crippen molar-refractivity contribution in [3.05, 3.63) is 47.4 Å². The molecule has 1 aromatic carbocycles. The van der Waals surface area contributed by atoms with Crippen LogP contribution in [0.25, 0.3) is 0 Å². The third-order valence-electron chi connectivity index (χ3n) is 4.84. The van der Waals surface area contributed by atoms with Crippen LogP contribution in [0.2, 0.25) is 0 Å². The van der Waals surface area contributed by atoms with Gasteiger partial charge < -0.3 is 9.42 Å². The number of benzene rings is 1. The Bertz CT molecular complexity index is 723. The van der Waals surface area contributed by atoms with E-state index in [0.717, 1.165) is 38.2 Å². The Morgan fingerprint density at radius 2 is 1.92 bits per heavy atom. The lowest BCUT2D eigenvalue weighted by Gasteiger charge is -2.36. The van der Waals surface area contributed by atoms with Crippen LogP contribution in [0.15, 0.2) is 28.8 Å². The summed E-state index contributed by atoms with van der Waals surface area (Å²) in [5, 5.41) is 4.05. The molecule has 2 aromatic rings. The van der Waals surface area contributed by atoms with Crippen LogP contribution in [0.3, 0.4) is 0 Å². The number of amides is 1. The van der Waals surface area contributed by atoms with Crippen LogP contribution in [0.5, 0.6) is 0 Å². The van der Waals surface area contributed by atoms with Gasteiger partial charge in [-0.3, -0.25) is 9.69 Å². The van der Waals surface area contributed by atoms with Gasteiger partial charge in [0.05, 0.1) is 6.04 Å². The van der Waals surface area contributed by atoms with E-state index in [1.54, 1.807) is 4.90 Å². The number of aromatic nitrogens is 2. The second-order valence-corrected chi connectivity index (χ2v) is 6.66. The second kappa shape index (κ2) is 8.40. The highest BCUT2D eigenvalue weighted by Gasteiger charge is 2.28. The molecule has 1 amide bonds. The number of nitrogens with zero attached hydrogens (tertiary/aromatic N) is 4. The quantitative estimate of drug-likeness (QED) is 0.792. The fourth-order valence-electron chi connectivity index (χ4n) is 3.12. The predicted molar refractivity (Wildman–Crippen MR) is 95.2 cm³/mol. The van der Waals surface area contributed by atoms with E-state index in [4.69, 9.17) is 4.52 Å². The molecule has 1 saturated heterocycles. The lowest BCUT2D eigenvalue weighted by Crippen LogP contribution is -2.49. The van der Waals surface area contributed by atoms with Crippen molar-refractivity contribution in [2.75, 3.05) is 26.2 Å². The molecular weight excluding hydrogens is 335 g/mol. The molecule has 3 rings (SSSR count). The fourth-order valence-corrected chi connectivity index (χ4v) is 3.12. The topological polar surface area (TPSA) is 62.5 Å². The Morgan fingerprint density at radius 1 is 1.23 bits per heavy atom. The van der Waals surface area contributed by atoms with E-state index in [0.29, 0.717) is 24.5 Å². The summed E-state index contributed by atoms with van der Waals surface area (Å²) < 4.78 is 18.4. The van der Waals surface area contributed by atoms with Gasteiger partial charge in [-0.15, -0.1) is 0 Å². The molecule has 1 atom stereocenters. The van der Waals surface area contributed by atoms with Crippen molar-refractivity contribution in [2.45, 2.75) is 39.2 Å². The molecule has 0 saturated carbocycles. The summed E-state index contributed by atoms with van der Waals surface area (Å²) in [6.45, 7) is 6.90. The van der Waals surface area contributed by atoms with Crippen molar-refractivity contribution in [1.82, 2.24) is 19.9 Å². The first kappa shape index (κ1) is 18.5. The molecule has 0 aliphatic carbocycles. The number of hydrogen-bond donors (Lipinski definition) is 0. The third kappa shape index (κ3) is 4.27.